The molecule has 0 bridgehead atoms. The predicted molar refractivity (Wildman–Crippen MR) is 72.1 cm³/mol. The molecule has 10 heteroatoms. The Balaban J connectivity index is 2.44. The third-order valence-electron chi connectivity index (χ3n) is 3.04. The highest BCUT2D eigenvalue weighted by Crippen LogP contribution is 2.23. The van der Waals surface area contributed by atoms with Gasteiger partial charge in [0.15, 0.2) is 23.3 Å². The van der Waals surface area contributed by atoms with Gasteiger partial charge in [0.2, 0.25) is 5.82 Å². The van der Waals surface area contributed by atoms with E-state index in [1.807, 2.05) is 0 Å². The molecule has 0 aromatic heterocycles. The Kier molecular flexibility index (Phi) is 7.40. The van der Waals surface area contributed by atoms with Gasteiger partial charge in [-0.3, -0.25) is 4.79 Å². The van der Waals surface area contributed by atoms with Crippen LogP contribution < -0.4 is 11.1 Å². The molecule has 0 aliphatic carbocycles. The molecule has 1 rings (SSSR count). The summed E-state index contributed by atoms with van der Waals surface area (Å²) in [5.41, 5.74) is 3.64. The Morgan fingerprint density at radius 1 is 0.875 bits per heavy atom. The highest BCUT2D eigenvalue weighted by atomic mass is 19.2. The van der Waals surface area contributed by atoms with Gasteiger partial charge in [0.05, 0.1) is 5.56 Å². The van der Waals surface area contributed by atoms with Crippen LogP contribution >= 0.6 is 0 Å². The molecule has 3 N–H and O–H groups in total. The number of carbonyl (C=O) groups excluding carboxylic acids is 2. The second-order valence-corrected chi connectivity index (χ2v) is 4.81. The highest BCUT2D eigenvalue weighted by Gasteiger charge is 2.26. The normalized spacial score (nSPS) is 10.5. The Bertz CT molecular complexity index is 596. The van der Waals surface area contributed by atoms with Crippen molar-refractivity contribution in [3.8, 4) is 0 Å². The summed E-state index contributed by atoms with van der Waals surface area (Å²) in [4.78, 5) is 21.8. The van der Waals surface area contributed by atoms with Crippen LogP contribution in [0.3, 0.4) is 0 Å². The predicted octanol–water partition coefficient (Wildman–Crippen LogP) is 2.65. The van der Waals surface area contributed by atoms with Crippen molar-refractivity contribution < 1.29 is 36.3 Å². The number of hydrogen-bond donors (Lipinski definition) is 2. The van der Waals surface area contributed by atoms with Gasteiger partial charge in [-0.15, -0.1) is 0 Å². The van der Waals surface area contributed by atoms with Crippen LogP contribution in [0, 0.1) is 29.1 Å². The zero-order chi connectivity index (χ0) is 18.3. The lowest BCUT2D eigenvalue weighted by molar-refractivity contribution is -0.145. The maximum Gasteiger partial charge on any atom is 0.312 e. The summed E-state index contributed by atoms with van der Waals surface area (Å²) in [6.07, 6.45) is 1.34. The van der Waals surface area contributed by atoms with Crippen LogP contribution in [-0.4, -0.2) is 18.5 Å². The van der Waals surface area contributed by atoms with Crippen LogP contribution in [0.25, 0.3) is 0 Å². The Hall–Kier alpha value is -2.39. The van der Waals surface area contributed by atoms with Gasteiger partial charge in [-0.25, -0.2) is 26.7 Å². The fourth-order valence-electron chi connectivity index (χ4n) is 1.78. The van der Waals surface area contributed by atoms with Gasteiger partial charge in [-0.05, 0) is 12.8 Å². The van der Waals surface area contributed by atoms with Gasteiger partial charge in [-0.1, -0.05) is 6.42 Å². The standard InChI is InChI=1S/C14H15F5N2O3/c15-9-7(10(16)12(18)13(19)11(9)17)6-24-8(22)4-2-1-3-5-21-14(20)23/h1-6H2,(H3,20,21,23). The molecule has 0 aliphatic heterocycles. The molecule has 0 aliphatic rings. The molecule has 0 unspecified atom stereocenters. The van der Waals surface area contributed by atoms with E-state index in [9.17, 15) is 31.5 Å². The summed E-state index contributed by atoms with van der Waals surface area (Å²) in [7, 11) is 0. The number of urea groups is 1. The summed E-state index contributed by atoms with van der Waals surface area (Å²) in [6, 6.07) is -0.669. The van der Waals surface area contributed by atoms with Crippen LogP contribution in [0.1, 0.15) is 31.2 Å². The number of carbonyl (C=O) groups is 2. The first-order valence-electron chi connectivity index (χ1n) is 6.95. The fourth-order valence-corrected chi connectivity index (χ4v) is 1.78. The number of nitrogens with two attached hydrogens (primary N) is 1. The summed E-state index contributed by atoms with van der Waals surface area (Å²) in [5.74, 6) is -11.4. The van der Waals surface area contributed by atoms with E-state index < -0.39 is 53.3 Å². The third kappa shape index (κ3) is 5.36. The molecule has 0 saturated heterocycles. The van der Waals surface area contributed by atoms with E-state index in [2.05, 4.69) is 10.1 Å². The van der Waals surface area contributed by atoms with Crippen molar-refractivity contribution in [2.75, 3.05) is 6.54 Å². The number of benzene rings is 1. The first-order valence-corrected chi connectivity index (χ1v) is 6.95. The zero-order valence-corrected chi connectivity index (χ0v) is 12.4. The van der Waals surface area contributed by atoms with Crippen LogP contribution in [0.5, 0.6) is 0 Å². The fraction of sp³-hybridized carbons (Fsp3) is 0.429. The maximum atomic E-state index is 13.4. The number of nitrogens with one attached hydrogen (secondary N) is 1. The van der Waals surface area contributed by atoms with Crippen molar-refractivity contribution in [2.24, 2.45) is 5.73 Å². The molecular formula is C14H15F5N2O3. The van der Waals surface area contributed by atoms with E-state index in [-0.39, 0.29) is 6.42 Å². The molecule has 1 aromatic rings. The average molecular weight is 354 g/mol. The van der Waals surface area contributed by atoms with Gasteiger partial charge in [0, 0.05) is 13.0 Å². The molecule has 0 saturated carbocycles. The Labute approximate surface area is 134 Å². The summed E-state index contributed by atoms with van der Waals surface area (Å²) in [5, 5.41) is 2.35. The highest BCUT2D eigenvalue weighted by molar-refractivity contribution is 5.71. The third-order valence-corrected chi connectivity index (χ3v) is 3.04. The molecular weight excluding hydrogens is 339 g/mol. The minimum Gasteiger partial charge on any atom is -0.461 e. The van der Waals surface area contributed by atoms with E-state index in [0.29, 0.717) is 25.8 Å². The van der Waals surface area contributed by atoms with Crippen molar-refractivity contribution in [1.29, 1.82) is 0 Å². The lowest BCUT2D eigenvalue weighted by Crippen LogP contribution is -2.29. The number of amides is 2. The molecule has 2 amide bonds. The molecule has 0 atom stereocenters. The van der Waals surface area contributed by atoms with Crippen molar-refractivity contribution in [3.05, 3.63) is 34.6 Å². The largest absolute Gasteiger partial charge is 0.461 e. The van der Waals surface area contributed by atoms with Crippen LogP contribution in [0.15, 0.2) is 0 Å². The molecule has 24 heavy (non-hydrogen) atoms. The molecule has 1 aromatic carbocycles. The molecule has 0 spiro atoms. The van der Waals surface area contributed by atoms with E-state index in [4.69, 9.17) is 5.73 Å². The number of esters is 1. The number of rotatable bonds is 8. The SMILES string of the molecule is NC(=O)NCCCCCC(=O)OCc1c(F)c(F)c(F)c(F)c1F. The summed E-state index contributed by atoms with van der Waals surface area (Å²) >= 11 is 0. The van der Waals surface area contributed by atoms with Crippen LogP contribution in [-0.2, 0) is 16.1 Å². The van der Waals surface area contributed by atoms with E-state index in [1.54, 1.807) is 0 Å². The Morgan fingerprint density at radius 2 is 1.42 bits per heavy atom. The molecule has 5 nitrogen and oxygen atoms in total. The van der Waals surface area contributed by atoms with Crippen molar-refractivity contribution in [3.63, 3.8) is 0 Å². The zero-order valence-electron chi connectivity index (χ0n) is 12.4. The molecule has 0 fully saturated rings. The minimum absolute atomic E-state index is 0.105. The Morgan fingerprint density at radius 3 is 1.96 bits per heavy atom. The van der Waals surface area contributed by atoms with Crippen LogP contribution in [0.2, 0.25) is 0 Å². The van der Waals surface area contributed by atoms with E-state index in [0.717, 1.165) is 0 Å². The van der Waals surface area contributed by atoms with Crippen molar-refractivity contribution >= 4 is 12.0 Å². The van der Waals surface area contributed by atoms with E-state index >= 15 is 0 Å². The topological polar surface area (TPSA) is 81.4 Å². The quantitative estimate of drug-likeness (QED) is 0.248. The number of halogens is 5. The van der Waals surface area contributed by atoms with Gasteiger partial charge in [0.1, 0.15) is 6.61 Å². The number of primary amides is 1. The number of unbranched alkanes of at least 4 members (excludes halogenated alkanes) is 2. The summed E-state index contributed by atoms with van der Waals surface area (Å²) < 4.78 is 70.0. The van der Waals surface area contributed by atoms with Crippen molar-refractivity contribution in [1.82, 2.24) is 5.32 Å². The van der Waals surface area contributed by atoms with Crippen molar-refractivity contribution in [2.45, 2.75) is 32.3 Å². The lowest BCUT2D eigenvalue weighted by Gasteiger charge is -2.09. The van der Waals surface area contributed by atoms with Gasteiger partial charge >= 0.3 is 12.0 Å². The average Bonchev–Trinajstić information content (AvgIpc) is 2.54. The molecule has 0 radical (unpaired) electrons. The van der Waals surface area contributed by atoms with Crippen LogP contribution in [0.4, 0.5) is 26.7 Å². The summed E-state index contributed by atoms with van der Waals surface area (Å²) in [6.45, 7) is -0.733. The van der Waals surface area contributed by atoms with E-state index in [1.165, 1.54) is 0 Å². The van der Waals surface area contributed by atoms with Gasteiger partial charge in [0.25, 0.3) is 0 Å². The number of hydrogen-bond acceptors (Lipinski definition) is 3. The monoisotopic (exact) mass is 354 g/mol. The molecule has 0 heterocycles. The lowest BCUT2D eigenvalue weighted by atomic mass is 10.1. The minimum atomic E-state index is -2.27. The second-order valence-electron chi connectivity index (χ2n) is 4.81. The van der Waals surface area contributed by atoms with Gasteiger partial charge < -0.3 is 15.8 Å². The first kappa shape index (κ1) is 19.7. The maximum absolute atomic E-state index is 13.4. The first-order chi connectivity index (χ1) is 11.3. The second kappa shape index (κ2) is 9.04. The smallest absolute Gasteiger partial charge is 0.312 e. The van der Waals surface area contributed by atoms with Gasteiger partial charge in [-0.2, -0.15) is 0 Å². The molecule has 134 valence electrons. The number of ether oxygens (including phenoxy) is 1.